The van der Waals surface area contributed by atoms with Crippen LogP contribution in [0, 0.1) is 0 Å². The van der Waals surface area contributed by atoms with Gasteiger partial charge >= 0.3 is 0 Å². The summed E-state index contributed by atoms with van der Waals surface area (Å²) in [6.45, 7) is 4.53. The molecule has 0 spiro atoms. The summed E-state index contributed by atoms with van der Waals surface area (Å²) < 4.78 is 0. The minimum Gasteiger partial charge on any atom is -0.325 e. The molecule has 1 rings (SSSR count). The van der Waals surface area contributed by atoms with E-state index in [0.29, 0.717) is 0 Å². The van der Waals surface area contributed by atoms with Gasteiger partial charge in [-0.1, -0.05) is 0 Å². The molecule has 2 nitrogen and oxygen atoms in total. The second kappa shape index (κ2) is 2.89. The van der Waals surface area contributed by atoms with Crippen molar-refractivity contribution in [1.29, 1.82) is 0 Å². The summed E-state index contributed by atoms with van der Waals surface area (Å²) in [5.74, 6) is 0. The second-order valence-corrected chi connectivity index (χ2v) is 3.81. The zero-order chi connectivity index (χ0) is 7.61. The zero-order valence-corrected chi connectivity index (χ0v) is 7.06. The van der Waals surface area contributed by atoms with Crippen molar-refractivity contribution in [2.45, 2.75) is 31.7 Å². The van der Waals surface area contributed by atoms with Crippen LogP contribution in [0.15, 0.2) is 0 Å². The van der Waals surface area contributed by atoms with Crippen LogP contribution in [-0.2, 0) is 0 Å². The zero-order valence-electron chi connectivity index (χ0n) is 7.06. The van der Waals surface area contributed by atoms with Crippen molar-refractivity contribution in [3.05, 3.63) is 0 Å². The Morgan fingerprint density at radius 3 is 2.70 bits per heavy atom. The fourth-order valence-electron chi connectivity index (χ4n) is 1.44. The van der Waals surface area contributed by atoms with Gasteiger partial charge in [0.05, 0.1) is 0 Å². The highest BCUT2D eigenvalue weighted by Gasteiger charge is 2.21. The fourth-order valence-corrected chi connectivity index (χ4v) is 1.44. The lowest BCUT2D eigenvalue weighted by atomic mass is 9.95. The molecule has 1 aliphatic heterocycles. The van der Waals surface area contributed by atoms with Crippen molar-refractivity contribution in [2.24, 2.45) is 5.73 Å². The molecular formula is C8H18N2. The van der Waals surface area contributed by atoms with Crippen LogP contribution in [0.2, 0.25) is 0 Å². The third kappa shape index (κ3) is 2.27. The van der Waals surface area contributed by atoms with Crippen molar-refractivity contribution in [3.8, 4) is 0 Å². The lowest BCUT2D eigenvalue weighted by molar-refractivity contribution is 0.335. The first-order valence-electron chi connectivity index (χ1n) is 4.08. The maximum Gasteiger partial charge on any atom is 0.0138 e. The van der Waals surface area contributed by atoms with E-state index in [2.05, 4.69) is 18.9 Å². The van der Waals surface area contributed by atoms with Crippen LogP contribution >= 0.6 is 0 Å². The molecule has 1 aliphatic rings. The highest BCUT2D eigenvalue weighted by atomic mass is 15.1. The summed E-state index contributed by atoms with van der Waals surface area (Å²) in [7, 11) is 2.17. The van der Waals surface area contributed by atoms with Crippen LogP contribution in [0.3, 0.4) is 0 Å². The Hall–Kier alpha value is -0.0800. The third-order valence-corrected chi connectivity index (χ3v) is 2.35. The van der Waals surface area contributed by atoms with Gasteiger partial charge in [-0.15, -0.1) is 0 Å². The standard InChI is InChI=1S/C8H18N2/c1-8(9)4-3-6-10(2)7-5-8/h3-7,9H2,1-2H3/t8-/m0/s1. The van der Waals surface area contributed by atoms with Gasteiger partial charge in [0.2, 0.25) is 0 Å². The molecule has 0 bridgehead atoms. The molecule has 1 atom stereocenters. The van der Waals surface area contributed by atoms with Crippen LogP contribution in [0.25, 0.3) is 0 Å². The van der Waals surface area contributed by atoms with E-state index in [1.807, 2.05) is 0 Å². The van der Waals surface area contributed by atoms with Gasteiger partial charge in [0.25, 0.3) is 0 Å². The van der Waals surface area contributed by atoms with Gasteiger partial charge in [0, 0.05) is 5.54 Å². The Morgan fingerprint density at radius 1 is 1.30 bits per heavy atom. The summed E-state index contributed by atoms with van der Waals surface area (Å²) >= 11 is 0. The van der Waals surface area contributed by atoms with E-state index in [4.69, 9.17) is 5.73 Å². The highest BCUT2D eigenvalue weighted by Crippen LogP contribution is 2.17. The van der Waals surface area contributed by atoms with Gasteiger partial charge in [0.15, 0.2) is 0 Å². The van der Waals surface area contributed by atoms with Gasteiger partial charge in [-0.25, -0.2) is 0 Å². The second-order valence-electron chi connectivity index (χ2n) is 3.81. The van der Waals surface area contributed by atoms with Crippen LogP contribution in [0.1, 0.15) is 26.2 Å². The molecule has 1 fully saturated rings. The molecule has 0 aromatic carbocycles. The number of hydrogen-bond acceptors (Lipinski definition) is 2. The summed E-state index contributed by atoms with van der Waals surface area (Å²) in [6, 6.07) is 0. The molecular weight excluding hydrogens is 124 g/mol. The molecule has 0 aromatic rings. The highest BCUT2D eigenvalue weighted by molar-refractivity contribution is 4.82. The number of hydrogen-bond donors (Lipinski definition) is 1. The smallest absolute Gasteiger partial charge is 0.0138 e. The van der Waals surface area contributed by atoms with Gasteiger partial charge in [-0.05, 0) is 46.3 Å². The lowest BCUT2D eigenvalue weighted by Crippen LogP contribution is -2.36. The average Bonchev–Trinajstić information content (AvgIpc) is 1.94. The van der Waals surface area contributed by atoms with Crippen molar-refractivity contribution < 1.29 is 0 Å². The maximum absolute atomic E-state index is 6.01. The summed E-state index contributed by atoms with van der Waals surface area (Å²) in [5.41, 5.74) is 6.12. The first-order valence-corrected chi connectivity index (χ1v) is 4.08. The molecule has 1 saturated heterocycles. The molecule has 2 N–H and O–H groups in total. The van der Waals surface area contributed by atoms with Gasteiger partial charge < -0.3 is 10.6 Å². The number of likely N-dealkylation sites (tertiary alicyclic amines) is 1. The minimum absolute atomic E-state index is 0.102. The molecule has 0 saturated carbocycles. The summed E-state index contributed by atoms with van der Waals surface area (Å²) in [6.07, 6.45) is 3.57. The van der Waals surface area contributed by atoms with E-state index in [1.54, 1.807) is 0 Å². The van der Waals surface area contributed by atoms with Crippen LogP contribution in [-0.4, -0.2) is 30.6 Å². The summed E-state index contributed by atoms with van der Waals surface area (Å²) in [5, 5.41) is 0. The van der Waals surface area contributed by atoms with Crippen molar-refractivity contribution in [3.63, 3.8) is 0 Å². The van der Waals surface area contributed by atoms with Crippen LogP contribution in [0.4, 0.5) is 0 Å². The van der Waals surface area contributed by atoms with E-state index >= 15 is 0 Å². The van der Waals surface area contributed by atoms with Gasteiger partial charge in [0.1, 0.15) is 0 Å². The van der Waals surface area contributed by atoms with E-state index in [9.17, 15) is 0 Å². The number of nitrogens with two attached hydrogens (primary N) is 1. The molecule has 2 heteroatoms. The molecule has 0 aromatic heterocycles. The minimum atomic E-state index is 0.102. The predicted molar refractivity (Wildman–Crippen MR) is 43.9 cm³/mol. The topological polar surface area (TPSA) is 29.3 Å². The molecule has 0 unspecified atom stereocenters. The van der Waals surface area contributed by atoms with E-state index in [1.165, 1.54) is 19.4 Å². The Labute approximate surface area is 63.4 Å². The first-order chi connectivity index (χ1) is 4.60. The fraction of sp³-hybridized carbons (Fsp3) is 1.00. The van der Waals surface area contributed by atoms with E-state index < -0.39 is 0 Å². The number of rotatable bonds is 0. The Balaban J connectivity index is 2.41. The average molecular weight is 142 g/mol. The lowest BCUT2D eigenvalue weighted by Gasteiger charge is -2.21. The molecule has 0 amide bonds. The van der Waals surface area contributed by atoms with Crippen molar-refractivity contribution >= 4 is 0 Å². The molecule has 0 radical (unpaired) electrons. The van der Waals surface area contributed by atoms with Crippen LogP contribution in [0.5, 0.6) is 0 Å². The van der Waals surface area contributed by atoms with Crippen molar-refractivity contribution in [2.75, 3.05) is 20.1 Å². The normalized spacial score (nSPS) is 37.5. The quantitative estimate of drug-likeness (QED) is 0.542. The maximum atomic E-state index is 6.01. The molecule has 0 aliphatic carbocycles. The van der Waals surface area contributed by atoms with Crippen molar-refractivity contribution in [1.82, 2.24) is 4.90 Å². The Morgan fingerprint density at radius 2 is 2.00 bits per heavy atom. The van der Waals surface area contributed by atoms with E-state index in [0.717, 1.165) is 13.0 Å². The predicted octanol–water partition coefficient (Wildman–Crippen LogP) is 0.819. The SMILES string of the molecule is CN1CCC[C@](C)(N)CC1. The molecule has 1 heterocycles. The number of nitrogens with zero attached hydrogens (tertiary/aromatic N) is 1. The monoisotopic (exact) mass is 142 g/mol. The van der Waals surface area contributed by atoms with E-state index in [-0.39, 0.29) is 5.54 Å². The van der Waals surface area contributed by atoms with Gasteiger partial charge in [-0.3, -0.25) is 0 Å². The molecule has 60 valence electrons. The Bertz CT molecular complexity index is 110. The van der Waals surface area contributed by atoms with Gasteiger partial charge in [-0.2, -0.15) is 0 Å². The third-order valence-electron chi connectivity index (χ3n) is 2.35. The van der Waals surface area contributed by atoms with Crippen LogP contribution < -0.4 is 5.73 Å². The first kappa shape index (κ1) is 8.02. The Kier molecular flexibility index (Phi) is 2.32. The largest absolute Gasteiger partial charge is 0.325 e. The summed E-state index contributed by atoms with van der Waals surface area (Å²) in [4.78, 5) is 2.36. The molecule has 10 heavy (non-hydrogen) atoms.